The molecule has 0 spiro atoms. The molecule has 0 bridgehead atoms. The predicted molar refractivity (Wildman–Crippen MR) is 122 cm³/mol. The quantitative estimate of drug-likeness (QED) is 0.388. The van der Waals surface area contributed by atoms with Crippen molar-refractivity contribution in [2.24, 2.45) is 0 Å². The molecule has 144 valence electrons. The monoisotopic (exact) mass is 372 g/mol. The van der Waals surface area contributed by atoms with E-state index in [9.17, 15) is 0 Å². The van der Waals surface area contributed by atoms with Crippen LogP contribution in [-0.2, 0) is 0 Å². The molecule has 3 aromatic rings. The van der Waals surface area contributed by atoms with Crippen molar-refractivity contribution in [2.45, 2.75) is 55.4 Å². The first-order valence-electron chi connectivity index (χ1n) is 9.23. The number of rotatable bonds is 1. The van der Waals surface area contributed by atoms with Crippen LogP contribution in [-0.4, -0.2) is 0 Å². The minimum atomic E-state index is 0.972. The lowest BCUT2D eigenvalue weighted by Gasteiger charge is -1.82. The number of benzene rings is 1. The number of thiophene rings is 1. The van der Waals surface area contributed by atoms with Gasteiger partial charge in [-0.2, -0.15) is 11.3 Å². The van der Waals surface area contributed by atoms with Crippen LogP contribution in [0.3, 0.4) is 0 Å². The van der Waals surface area contributed by atoms with Crippen molar-refractivity contribution in [3.63, 3.8) is 0 Å². The molecule has 0 aliphatic rings. The zero-order chi connectivity index (χ0) is 20.4. The van der Waals surface area contributed by atoms with Gasteiger partial charge >= 0.3 is 0 Å². The van der Waals surface area contributed by atoms with Crippen molar-refractivity contribution in [2.75, 3.05) is 0 Å². The molecular weight excluding hydrogens is 336 g/mol. The van der Waals surface area contributed by atoms with Gasteiger partial charge in [-0.05, 0) is 62.2 Å². The normalized spacial score (nSPS) is 8.15. The third-order valence-electron chi connectivity index (χ3n) is 2.66. The molecule has 2 heteroatoms. The highest BCUT2D eigenvalue weighted by molar-refractivity contribution is 7.07. The molecule has 0 saturated carbocycles. The summed E-state index contributed by atoms with van der Waals surface area (Å²) in [6.07, 6.45) is 3.76. The van der Waals surface area contributed by atoms with Gasteiger partial charge in [0.1, 0.15) is 11.3 Å². The Morgan fingerprint density at radius 3 is 1.96 bits per heavy atom. The fraction of sp³-hybridized carbons (Fsp3) is 0.333. The second-order valence-corrected chi connectivity index (χ2v) is 5.96. The zero-order valence-corrected chi connectivity index (χ0v) is 18.6. The van der Waals surface area contributed by atoms with E-state index < -0.39 is 0 Å². The van der Waals surface area contributed by atoms with Crippen LogP contribution in [0.25, 0.3) is 11.0 Å². The molecule has 0 amide bonds. The summed E-state index contributed by atoms with van der Waals surface area (Å²) in [5.41, 5.74) is 3.63. The molecule has 0 aliphatic heterocycles. The highest BCUT2D eigenvalue weighted by Crippen LogP contribution is 2.17. The summed E-state index contributed by atoms with van der Waals surface area (Å²) >= 11 is 1.74. The summed E-state index contributed by atoms with van der Waals surface area (Å²) in [5.74, 6) is 0.973. The molecule has 0 N–H and O–H groups in total. The summed E-state index contributed by atoms with van der Waals surface area (Å²) in [6, 6.07) is 12.1. The van der Waals surface area contributed by atoms with Crippen LogP contribution < -0.4 is 0 Å². The molecule has 0 fully saturated rings. The summed E-state index contributed by atoms with van der Waals surface area (Å²) in [4.78, 5) is 0. The van der Waals surface area contributed by atoms with Gasteiger partial charge in [0.15, 0.2) is 0 Å². The van der Waals surface area contributed by atoms with Crippen LogP contribution in [0.15, 0.2) is 75.9 Å². The average Bonchev–Trinajstić information content (AvgIpc) is 3.27. The largest absolute Gasteiger partial charge is 0.461 e. The molecule has 0 radical (unpaired) electrons. The first-order chi connectivity index (χ1) is 12.5. The van der Waals surface area contributed by atoms with Gasteiger partial charge in [0.2, 0.25) is 0 Å². The average molecular weight is 373 g/mol. The van der Waals surface area contributed by atoms with E-state index in [1.807, 2.05) is 84.9 Å². The third kappa shape index (κ3) is 13.3. The van der Waals surface area contributed by atoms with Crippen LogP contribution in [0, 0.1) is 13.8 Å². The van der Waals surface area contributed by atoms with Gasteiger partial charge in [0.05, 0.1) is 0 Å². The Kier molecular flexibility index (Phi) is 17.9. The maximum Gasteiger partial charge on any atom is 0.134 e. The van der Waals surface area contributed by atoms with Gasteiger partial charge < -0.3 is 4.42 Å². The number of aryl methyl sites for hydroxylation is 2. The Balaban J connectivity index is 0. The van der Waals surface area contributed by atoms with E-state index in [0.717, 1.165) is 11.3 Å². The molecule has 3 rings (SSSR count). The van der Waals surface area contributed by atoms with E-state index in [4.69, 9.17) is 4.42 Å². The van der Waals surface area contributed by atoms with Crippen LogP contribution >= 0.6 is 11.3 Å². The maximum absolute atomic E-state index is 5.37. The minimum absolute atomic E-state index is 0.972. The highest BCUT2D eigenvalue weighted by atomic mass is 32.1. The second-order valence-electron chi connectivity index (χ2n) is 5.18. The van der Waals surface area contributed by atoms with Crippen LogP contribution in [0.4, 0.5) is 0 Å². The van der Waals surface area contributed by atoms with Crippen LogP contribution in [0.1, 0.15) is 52.9 Å². The molecule has 26 heavy (non-hydrogen) atoms. The van der Waals surface area contributed by atoms with Crippen molar-refractivity contribution in [1.29, 1.82) is 0 Å². The van der Waals surface area contributed by atoms with Gasteiger partial charge in [0, 0.05) is 5.39 Å². The summed E-state index contributed by atoms with van der Waals surface area (Å²) in [6.45, 7) is 19.7. The van der Waals surface area contributed by atoms with Gasteiger partial charge in [-0.15, -0.1) is 0 Å². The molecule has 2 heterocycles. The fourth-order valence-corrected chi connectivity index (χ4v) is 2.35. The molecule has 0 saturated heterocycles. The van der Waals surface area contributed by atoms with E-state index in [0.29, 0.717) is 0 Å². The van der Waals surface area contributed by atoms with Gasteiger partial charge in [0.25, 0.3) is 0 Å². The smallest absolute Gasteiger partial charge is 0.134 e. The summed E-state index contributed by atoms with van der Waals surface area (Å²) in [7, 11) is 0. The maximum atomic E-state index is 5.37. The van der Waals surface area contributed by atoms with Crippen LogP contribution in [0.5, 0.6) is 0 Å². The SMILES string of the molecule is C=CC=C(C)C.CC.CC.Cc1cc2ccccc2o1.Cc1ccsc1. The van der Waals surface area contributed by atoms with E-state index in [-0.39, 0.29) is 0 Å². The van der Waals surface area contributed by atoms with E-state index in [1.54, 1.807) is 17.4 Å². The Bertz CT molecular complexity index is 666. The van der Waals surface area contributed by atoms with E-state index >= 15 is 0 Å². The Morgan fingerprint density at radius 1 is 1.00 bits per heavy atom. The lowest BCUT2D eigenvalue weighted by atomic mass is 10.2. The van der Waals surface area contributed by atoms with Crippen molar-refractivity contribution < 1.29 is 4.42 Å². The van der Waals surface area contributed by atoms with Gasteiger partial charge in [-0.1, -0.05) is 70.2 Å². The lowest BCUT2D eigenvalue weighted by Crippen LogP contribution is -1.57. The number of fused-ring (bicyclic) bond motifs is 1. The molecule has 1 aromatic carbocycles. The lowest BCUT2D eigenvalue weighted by molar-refractivity contribution is 0.578. The van der Waals surface area contributed by atoms with Crippen LogP contribution in [0.2, 0.25) is 0 Å². The number of hydrogen-bond donors (Lipinski definition) is 0. The van der Waals surface area contributed by atoms with Gasteiger partial charge in [-0.25, -0.2) is 0 Å². The molecular formula is C24H36OS. The first kappa shape index (κ1) is 26.2. The fourth-order valence-electron chi connectivity index (χ4n) is 1.68. The van der Waals surface area contributed by atoms with Gasteiger partial charge in [-0.3, -0.25) is 0 Å². The predicted octanol–water partition coefficient (Wildman–Crippen LogP) is 8.99. The molecule has 0 atom stereocenters. The number of furan rings is 1. The molecule has 1 nitrogen and oxygen atoms in total. The second kappa shape index (κ2) is 17.8. The number of allylic oxidation sites excluding steroid dienone is 3. The molecule has 0 aliphatic carbocycles. The molecule has 0 unspecified atom stereocenters. The standard InChI is InChI=1S/C9H8O.C6H10.C5H6S.2C2H6/c1-7-6-8-4-2-3-5-9(8)10-7;1-4-5-6(2)3;1-5-2-3-6-4-5;2*1-2/h2-6H,1H3;4-5H,1H2,2-3H3;2-4H,1H3;2*1-2H3. The van der Waals surface area contributed by atoms with E-state index in [1.165, 1.54) is 16.5 Å². The van der Waals surface area contributed by atoms with Crippen molar-refractivity contribution in [1.82, 2.24) is 0 Å². The number of hydrogen-bond acceptors (Lipinski definition) is 2. The molecule has 2 aromatic heterocycles. The number of para-hydroxylation sites is 1. The third-order valence-corrected chi connectivity index (χ3v) is 3.46. The Hall–Kier alpha value is -2.06. The Labute approximate surface area is 165 Å². The minimum Gasteiger partial charge on any atom is -0.461 e. The first-order valence-corrected chi connectivity index (χ1v) is 10.2. The Morgan fingerprint density at radius 2 is 1.62 bits per heavy atom. The van der Waals surface area contributed by atoms with Crippen molar-refractivity contribution in [3.05, 3.63) is 82.8 Å². The highest BCUT2D eigenvalue weighted by Gasteiger charge is 1.95. The van der Waals surface area contributed by atoms with Crippen molar-refractivity contribution >= 4 is 22.3 Å². The topological polar surface area (TPSA) is 13.1 Å². The van der Waals surface area contributed by atoms with E-state index in [2.05, 4.69) is 30.3 Å². The zero-order valence-electron chi connectivity index (χ0n) is 17.8. The van der Waals surface area contributed by atoms with Crippen molar-refractivity contribution in [3.8, 4) is 0 Å². The summed E-state index contributed by atoms with van der Waals surface area (Å²) in [5, 5.41) is 5.38. The summed E-state index contributed by atoms with van der Waals surface area (Å²) < 4.78 is 5.37.